The predicted molar refractivity (Wildman–Crippen MR) is 89.1 cm³/mol. The minimum Gasteiger partial charge on any atom is -0.309 e. The monoisotopic (exact) mass is 369 g/mol. The van der Waals surface area contributed by atoms with E-state index in [2.05, 4.69) is 10.2 Å². The van der Waals surface area contributed by atoms with Crippen LogP contribution in [0.15, 0.2) is 46.9 Å². The summed E-state index contributed by atoms with van der Waals surface area (Å²) in [5.74, 6) is 1.25. The first kappa shape index (κ1) is 17.0. The van der Waals surface area contributed by atoms with E-state index < -0.39 is 11.7 Å². The highest BCUT2D eigenvalue weighted by Gasteiger charge is 2.30. The molecule has 0 amide bonds. The van der Waals surface area contributed by atoms with Crippen LogP contribution in [0.25, 0.3) is 0 Å². The number of rotatable bonds is 5. The summed E-state index contributed by atoms with van der Waals surface area (Å²) in [5, 5.41) is 11.0. The molecule has 0 aliphatic rings. The van der Waals surface area contributed by atoms with E-state index in [0.29, 0.717) is 22.9 Å². The van der Waals surface area contributed by atoms with Crippen molar-refractivity contribution >= 4 is 23.1 Å². The number of nitrogens with zero attached hydrogens (tertiary/aromatic N) is 3. The van der Waals surface area contributed by atoms with Crippen LogP contribution in [0.2, 0.25) is 0 Å². The number of benzene rings is 1. The van der Waals surface area contributed by atoms with E-state index >= 15 is 0 Å². The van der Waals surface area contributed by atoms with Gasteiger partial charge in [0.25, 0.3) is 0 Å². The maximum atomic E-state index is 12.7. The third kappa shape index (κ3) is 3.99. The molecule has 3 rings (SSSR count). The third-order valence-electron chi connectivity index (χ3n) is 3.46. The molecule has 0 N–H and O–H groups in total. The maximum absolute atomic E-state index is 12.7. The molecule has 24 heavy (non-hydrogen) atoms. The molecule has 2 heterocycles. The summed E-state index contributed by atoms with van der Waals surface area (Å²) in [6.45, 7) is 0. The Balaban J connectivity index is 1.68. The van der Waals surface area contributed by atoms with Crippen LogP contribution in [-0.4, -0.2) is 14.8 Å². The summed E-state index contributed by atoms with van der Waals surface area (Å²) in [4.78, 5) is 1.19. The van der Waals surface area contributed by atoms with Crippen LogP contribution in [0.4, 0.5) is 13.2 Å². The van der Waals surface area contributed by atoms with Crippen molar-refractivity contribution in [3.8, 4) is 0 Å². The van der Waals surface area contributed by atoms with Gasteiger partial charge in [0, 0.05) is 24.1 Å². The van der Waals surface area contributed by atoms with Gasteiger partial charge in [0.05, 0.1) is 5.56 Å². The van der Waals surface area contributed by atoms with Gasteiger partial charge < -0.3 is 4.57 Å². The molecule has 0 aliphatic heterocycles. The van der Waals surface area contributed by atoms with E-state index in [9.17, 15) is 13.2 Å². The van der Waals surface area contributed by atoms with E-state index in [1.165, 1.54) is 28.8 Å². The Hall–Kier alpha value is -1.80. The van der Waals surface area contributed by atoms with Gasteiger partial charge in [-0.15, -0.1) is 21.5 Å². The van der Waals surface area contributed by atoms with E-state index in [4.69, 9.17) is 0 Å². The molecule has 0 saturated carbocycles. The highest BCUT2D eigenvalue weighted by atomic mass is 32.2. The van der Waals surface area contributed by atoms with Crippen molar-refractivity contribution in [1.82, 2.24) is 14.8 Å². The Kier molecular flexibility index (Phi) is 4.96. The fourth-order valence-corrected chi connectivity index (χ4v) is 3.75. The summed E-state index contributed by atoms with van der Waals surface area (Å²) >= 11 is 3.03. The molecule has 3 aromatic rings. The molecule has 0 unspecified atom stereocenters. The van der Waals surface area contributed by atoms with Crippen molar-refractivity contribution in [2.75, 3.05) is 0 Å². The van der Waals surface area contributed by atoms with E-state index in [1.807, 2.05) is 29.1 Å². The van der Waals surface area contributed by atoms with Gasteiger partial charge in [-0.3, -0.25) is 0 Å². The van der Waals surface area contributed by atoms with Crippen LogP contribution >= 0.6 is 23.1 Å². The number of aromatic nitrogens is 3. The fraction of sp³-hybridized carbons (Fsp3) is 0.250. The lowest BCUT2D eigenvalue weighted by molar-refractivity contribution is -0.137. The van der Waals surface area contributed by atoms with Gasteiger partial charge in [-0.05, 0) is 23.1 Å². The SMILES string of the molecule is Cn1c(Cc2cccs2)nnc1SCc1cccc(C(F)(F)F)c1. The van der Waals surface area contributed by atoms with Crippen molar-refractivity contribution < 1.29 is 13.2 Å². The zero-order valence-corrected chi connectivity index (χ0v) is 14.4. The van der Waals surface area contributed by atoms with E-state index in [1.54, 1.807) is 17.4 Å². The molecule has 0 saturated heterocycles. The Morgan fingerprint density at radius 2 is 2.00 bits per heavy atom. The van der Waals surface area contributed by atoms with Crippen molar-refractivity contribution in [1.29, 1.82) is 0 Å². The largest absolute Gasteiger partial charge is 0.416 e. The number of hydrogen-bond acceptors (Lipinski definition) is 4. The average Bonchev–Trinajstić information content (AvgIpc) is 3.17. The lowest BCUT2D eigenvalue weighted by Gasteiger charge is -2.08. The summed E-state index contributed by atoms with van der Waals surface area (Å²) in [5.41, 5.74) is -0.0189. The van der Waals surface area contributed by atoms with Crippen LogP contribution in [0.3, 0.4) is 0 Å². The molecule has 0 bridgehead atoms. The number of thioether (sulfide) groups is 1. The molecule has 0 spiro atoms. The van der Waals surface area contributed by atoms with Gasteiger partial charge in [0.15, 0.2) is 5.16 Å². The van der Waals surface area contributed by atoms with Gasteiger partial charge >= 0.3 is 6.18 Å². The van der Waals surface area contributed by atoms with Crippen LogP contribution in [0.1, 0.15) is 21.8 Å². The molecule has 126 valence electrons. The zero-order chi connectivity index (χ0) is 17.2. The van der Waals surface area contributed by atoms with Crippen LogP contribution in [-0.2, 0) is 25.4 Å². The normalized spacial score (nSPS) is 11.8. The van der Waals surface area contributed by atoms with Crippen LogP contribution < -0.4 is 0 Å². The molecular formula is C16H14F3N3S2. The predicted octanol–water partition coefficient (Wildman–Crippen LogP) is 4.78. The lowest BCUT2D eigenvalue weighted by Crippen LogP contribution is -2.05. The molecule has 1 aromatic carbocycles. The maximum Gasteiger partial charge on any atom is 0.416 e. The molecule has 2 aromatic heterocycles. The third-order valence-corrected chi connectivity index (χ3v) is 5.43. The van der Waals surface area contributed by atoms with Crippen molar-refractivity contribution in [2.45, 2.75) is 23.5 Å². The zero-order valence-electron chi connectivity index (χ0n) is 12.7. The van der Waals surface area contributed by atoms with Gasteiger partial charge in [0.2, 0.25) is 0 Å². The van der Waals surface area contributed by atoms with E-state index in [-0.39, 0.29) is 0 Å². The second-order valence-corrected chi connectivity index (χ2v) is 7.18. The van der Waals surface area contributed by atoms with Gasteiger partial charge in [0.1, 0.15) is 5.82 Å². The number of halogens is 3. The number of hydrogen-bond donors (Lipinski definition) is 0. The first-order valence-electron chi connectivity index (χ1n) is 7.13. The lowest BCUT2D eigenvalue weighted by atomic mass is 10.1. The Morgan fingerprint density at radius 1 is 1.17 bits per heavy atom. The second-order valence-electron chi connectivity index (χ2n) is 5.20. The first-order chi connectivity index (χ1) is 11.4. The highest BCUT2D eigenvalue weighted by molar-refractivity contribution is 7.98. The second kappa shape index (κ2) is 6.98. The van der Waals surface area contributed by atoms with Gasteiger partial charge in [-0.25, -0.2) is 0 Å². The summed E-state index contributed by atoms with van der Waals surface area (Å²) in [6, 6.07) is 9.39. The minimum absolute atomic E-state index is 0.412. The minimum atomic E-state index is -4.32. The topological polar surface area (TPSA) is 30.7 Å². The van der Waals surface area contributed by atoms with Gasteiger partial charge in [-0.2, -0.15) is 13.2 Å². The summed E-state index contributed by atoms with van der Waals surface area (Å²) in [7, 11) is 1.87. The molecule has 0 aliphatic carbocycles. The summed E-state index contributed by atoms with van der Waals surface area (Å²) in [6.07, 6.45) is -3.62. The summed E-state index contributed by atoms with van der Waals surface area (Å²) < 4.78 is 40.1. The molecule has 8 heteroatoms. The molecular weight excluding hydrogens is 355 g/mol. The smallest absolute Gasteiger partial charge is 0.309 e. The Morgan fingerprint density at radius 3 is 2.71 bits per heavy atom. The number of thiophene rings is 1. The van der Waals surface area contributed by atoms with Gasteiger partial charge in [-0.1, -0.05) is 36.0 Å². The molecule has 3 nitrogen and oxygen atoms in total. The number of alkyl halides is 3. The molecule has 0 atom stereocenters. The van der Waals surface area contributed by atoms with Crippen molar-refractivity contribution in [3.63, 3.8) is 0 Å². The average molecular weight is 369 g/mol. The highest BCUT2D eigenvalue weighted by Crippen LogP contribution is 2.31. The first-order valence-corrected chi connectivity index (χ1v) is 8.99. The van der Waals surface area contributed by atoms with Crippen molar-refractivity contribution in [3.05, 3.63) is 63.6 Å². The molecule has 0 radical (unpaired) electrons. The van der Waals surface area contributed by atoms with Crippen LogP contribution in [0, 0.1) is 0 Å². The fourth-order valence-electron chi connectivity index (χ4n) is 2.18. The van der Waals surface area contributed by atoms with Crippen molar-refractivity contribution in [2.24, 2.45) is 7.05 Å². The quantitative estimate of drug-likeness (QED) is 0.607. The molecule has 0 fully saturated rings. The standard InChI is InChI=1S/C16H14F3N3S2/c1-22-14(9-13-6-3-7-23-13)20-21-15(22)24-10-11-4-2-5-12(8-11)16(17,18)19/h2-8H,9-10H2,1H3. The Bertz CT molecular complexity index is 810. The van der Waals surface area contributed by atoms with Crippen LogP contribution in [0.5, 0.6) is 0 Å². The Labute approximate surface area is 145 Å². The van der Waals surface area contributed by atoms with E-state index in [0.717, 1.165) is 11.9 Å².